The van der Waals surface area contributed by atoms with Crippen molar-refractivity contribution in [2.24, 2.45) is 0 Å². The van der Waals surface area contributed by atoms with Crippen molar-refractivity contribution in [3.8, 4) is 0 Å². The van der Waals surface area contributed by atoms with Crippen LogP contribution in [0.3, 0.4) is 0 Å². The molecular weight excluding hydrogens is 334 g/mol. The Kier molecular flexibility index (Phi) is 6.02. The summed E-state index contributed by atoms with van der Waals surface area (Å²) in [5, 5.41) is 0.298. The summed E-state index contributed by atoms with van der Waals surface area (Å²) in [7, 11) is 0. The summed E-state index contributed by atoms with van der Waals surface area (Å²) in [6.45, 7) is 0.135. The van der Waals surface area contributed by atoms with Gasteiger partial charge in [-0.15, -0.1) is 0 Å². The van der Waals surface area contributed by atoms with Gasteiger partial charge in [0, 0.05) is 36.0 Å². The Bertz CT molecular complexity index is 559. The molecule has 8 heteroatoms. The number of anilines is 1. The molecule has 0 unspecified atom stereocenters. The van der Waals surface area contributed by atoms with Crippen LogP contribution in [0.25, 0.3) is 0 Å². The Morgan fingerprint density at radius 1 is 1.45 bits per heavy atom. The smallest absolute Gasteiger partial charge is 0.281 e. The van der Waals surface area contributed by atoms with Gasteiger partial charge in [0.25, 0.3) is 11.7 Å². The zero-order valence-corrected chi connectivity index (χ0v) is 13.2. The highest BCUT2D eigenvalue weighted by atomic mass is 35.5. The van der Waals surface area contributed by atoms with Gasteiger partial charge in [-0.1, -0.05) is 29.4 Å². The van der Waals surface area contributed by atoms with Crippen molar-refractivity contribution in [2.45, 2.75) is 12.8 Å². The molecule has 4 nitrogen and oxygen atoms in total. The predicted octanol–water partition coefficient (Wildman–Crippen LogP) is 3.50. The van der Waals surface area contributed by atoms with Crippen molar-refractivity contribution < 1.29 is 18.4 Å². The first-order valence-corrected chi connectivity index (χ1v) is 8.09. The first kappa shape index (κ1) is 17.0. The van der Waals surface area contributed by atoms with Crippen LogP contribution in [-0.2, 0) is 4.79 Å². The Labute approximate surface area is 136 Å². The first-order valence-electron chi connectivity index (χ1n) is 6.73. The zero-order chi connectivity index (χ0) is 16.1. The zero-order valence-electron chi connectivity index (χ0n) is 11.7. The molecule has 0 spiro atoms. The van der Waals surface area contributed by atoms with Crippen molar-refractivity contribution in [1.82, 2.24) is 4.90 Å². The molecule has 2 rings (SSSR count). The predicted molar refractivity (Wildman–Crippen MR) is 83.9 cm³/mol. The lowest BCUT2D eigenvalue weighted by molar-refractivity contribution is -0.119. The summed E-state index contributed by atoms with van der Waals surface area (Å²) < 4.78 is 25.5. The van der Waals surface area contributed by atoms with Crippen molar-refractivity contribution >= 4 is 40.2 Å². The average molecular weight is 349 g/mol. The third-order valence-electron chi connectivity index (χ3n) is 3.18. The molecule has 0 bridgehead atoms. The van der Waals surface area contributed by atoms with Gasteiger partial charge in [0.15, 0.2) is 0 Å². The van der Waals surface area contributed by atoms with E-state index in [0.29, 0.717) is 23.0 Å². The minimum absolute atomic E-state index is 0.00549. The van der Waals surface area contributed by atoms with Crippen LogP contribution in [0.2, 0.25) is 5.02 Å². The average Bonchev–Trinajstić information content (AvgIpc) is 2.87. The van der Waals surface area contributed by atoms with Gasteiger partial charge in [-0.3, -0.25) is 9.59 Å². The van der Waals surface area contributed by atoms with Crippen LogP contribution < -0.4 is 4.90 Å². The minimum atomic E-state index is -2.65. The highest BCUT2D eigenvalue weighted by molar-refractivity contribution is 8.13. The molecule has 120 valence electrons. The lowest BCUT2D eigenvalue weighted by atomic mass is 10.2. The second-order valence-corrected chi connectivity index (χ2v) is 6.21. The fraction of sp³-hybridized carbons (Fsp3) is 0.429. The molecule has 1 saturated heterocycles. The van der Waals surface area contributed by atoms with E-state index in [1.807, 2.05) is 0 Å². The number of carbonyl (C=O) groups excluding carboxylic acids is 2. The molecule has 1 aromatic rings. The number of hydrogen-bond donors (Lipinski definition) is 0. The Hall–Kier alpha value is -1.34. The van der Waals surface area contributed by atoms with Crippen LogP contribution >= 0.6 is 23.4 Å². The molecule has 1 fully saturated rings. The fourth-order valence-corrected chi connectivity index (χ4v) is 3.16. The van der Waals surface area contributed by atoms with E-state index in [1.54, 1.807) is 23.1 Å². The summed E-state index contributed by atoms with van der Waals surface area (Å²) in [5.74, 6) is 0.245. The van der Waals surface area contributed by atoms with Gasteiger partial charge >= 0.3 is 0 Å². The number of carbonyl (C=O) groups is 2. The lowest BCUT2D eigenvalue weighted by Crippen LogP contribution is -2.37. The highest BCUT2D eigenvalue weighted by Gasteiger charge is 2.24. The number of rotatable bonds is 6. The van der Waals surface area contributed by atoms with Crippen molar-refractivity contribution in [2.75, 3.05) is 30.3 Å². The maximum absolute atomic E-state index is 12.7. The largest absolute Gasteiger partial charge is 0.332 e. The van der Waals surface area contributed by atoms with Crippen molar-refractivity contribution in [1.29, 1.82) is 0 Å². The molecule has 0 N–H and O–H groups in total. The molecular formula is C14H15ClF2N2O2S. The van der Waals surface area contributed by atoms with Crippen LogP contribution in [0.15, 0.2) is 24.3 Å². The van der Waals surface area contributed by atoms with Crippen LogP contribution in [-0.4, -0.2) is 47.9 Å². The van der Waals surface area contributed by atoms with Crippen molar-refractivity contribution in [3.63, 3.8) is 0 Å². The second-order valence-electron chi connectivity index (χ2n) is 4.73. The molecule has 0 saturated carbocycles. The maximum atomic E-state index is 12.7. The molecule has 0 aromatic heterocycles. The number of amides is 2. The summed E-state index contributed by atoms with van der Waals surface area (Å²) >= 11 is 7.05. The van der Waals surface area contributed by atoms with E-state index in [9.17, 15) is 18.4 Å². The van der Waals surface area contributed by atoms with Gasteiger partial charge in [0.1, 0.15) is 0 Å². The van der Waals surface area contributed by atoms with E-state index < -0.39 is 18.9 Å². The molecule has 1 heterocycles. The first-order chi connectivity index (χ1) is 10.5. The second kappa shape index (κ2) is 7.78. The normalized spacial score (nSPS) is 14.7. The van der Waals surface area contributed by atoms with E-state index in [1.165, 1.54) is 17.8 Å². The van der Waals surface area contributed by atoms with E-state index >= 15 is 0 Å². The van der Waals surface area contributed by atoms with Crippen LogP contribution in [0, 0.1) is 0 Å². The van der Waals surface area contributed by atoms with E-state index in [0.717, 1.165) is 4.90 Å². The van der Waals surface area contributed by atoms with Gasteiger partial charge in [-0.05, 0) is 18.2 Å². The third kappa shape index (κ3) is 4.58. The number of hydrogen-bond acceptors (Lipinski definition) is 3. The summed E-state index contributed by atoms with van der Waals surface area (Å²) in [4.78, 5) is 26.3. The third-order valence-corrected chi connectivity index (χ3v) is 4.31. The van der Waals surface area contributed by atoms with E-state index in [4.69, 9.17) is 11.6 Å². The number of nitrogens with zero attached hydrogens (tertiary/aromatic N) is 2. The molecule has 1 aliphatic heterocycles. The highest BCUT2D eigenvalue weighted by Crippen LogP contribution is 2.22. The van der Waals surface area contributed by atoms with Crippen molar-refractivity contribution in [3.05, 3.63) is 29.3 Å². The molecule has 0 aliphatic carbocycles. The Morgan fingerprint density at radius 2 is 2.23 bits per heavy atom. The fourth-order valence-electron chi connectivity index (χ4n) is 2.13. The van der Waals surface area contributed by atoms with E-state index in [-0.39, 0.29) is 18.2 Å². The molecule has 22 heavy (non-hydrogen) atoms. The number of halogens is 3. The summed E-state index contributed by atoms with van der Waals surface area (Å²) in [6.07, 6.45) is -2.64. The van der Waals surface area contributed by atoms with Gasteiger partial charge < -0.3 is 9.80 Å². The maximum Gasteiger partial charge on any atom is 0.281 e. The summed E-state index contributed by atoms with van der Waals surface area (Å²) in [5.41, 5.74) is 0.333. The molecule has 0 radical (unpaired) electrons. The standard InChI is InChI=1S/C14H15ClF2N2O2S/c15-10-2-1-3-11(8-10)19(9-12(16)17)13(20)4-5-18-6-7-22-14(18)21/h1-3,8,12H,4-7,9H2. The van der Waals surface area contributed by atoms with Gasteiger partial charge in [-0.2, -0.15) is 0 Å². The quantitative estimate of drug-likeness (QED) is 0.790. The molecule has 0 atom stereocenters. The SMILES string of the molecule is O=C1SCCN1CCC(=O)N(CC(F)F)c1cccc(Cl)c1. The van der Waals surface area contributed by atoms with Gasteiger partial charge in [0.2, 0.25) is 5.91 Å². The number of thioether (sulfide) groups is 1. The summed E-state index contributed by atoms with van der Waals surface area (Å²) in [6, 6.07) is 6.24. The van der Waals surface area contributed by atoms with E-state index in [2.05, 4.69) is 0 Å². The Morgan fingerprint density at radius 3 is 2.82 bits per heavy atom. The lowest BCUT2D eigenvalue weighted by Gasteiger charge is -2.24. The van der Waals surface area contributed by atoms with Gasteiger partial charge in [0.05, 0.1) is 6.54 Å². The topological polar surface area (TPSA) is 40.6 Å². The van der Waals surface area contributed by atoms with Crippen LogP contribution in [0.1, 0.15) is 6.42 Å². The minimum Gasteiger partial charge on any atom is -0.332 e. The number of benzene rings is 1. The Balaban J connectivity index is 2.04. The monoisotopic (exact) mass is 348 g/mol. The van der Waals surface area contributed by atoms with Crippen LogP contribution in [0.4, 0.5) is 19.3 Å². The molecule has 2 amide bonds. The molecule has 1 aliphatic rings. The molecule has 1 aromatic carbocycles. The number of alkyl halides is 2. The van der Waals surface area contributed by atoms with Crippen LogP contribution in [0.5, 0.6) is 0 Å². The van der Waals surface area contributed by atoms with Gasteiger partial charge in [-0.25, -0.2) is 8.78 Å².